The summed E-state index contributed by atoms with van der Waals surface area (Å²) in [5.74, 6) is -0.548. The second-order valence-corrected chi connectivity index (χ2v) is 5.87. The number of aliphatic hydroxyl groups is 1. The van der Waals surface area contributed by atoms with Crippen molar-refractivity contribution in [1.82, 2.24) is 0 Å². The lowest BCUT2D eigenvalue weighted by Gasteiger charge is -2.15. The molecule has 3 heteroatoms. The molecule has 0 aliphatic heterocycles. The van der Waals surface area contributed by atoms with E-state index in [-0.39, 0.29) is 12.5 Å². The zero-order valence-electron chi connectivity index (χ0n) is 14.0. The van der Waals surface area contributed by atoms with Gasteiger partial charge in [-0.1, -0.05) is 77.7 Å². The molecule has 124 valence electrons. The lowest BCUT2D eigenvalue weighted by atomic mass is 9.94. The molecular weight excluding hydrogens is 264 g/mol. The number of hydrogen-bond donors (Lipinski definition) is 1. The van der Waals surface area contributed by atoms with Gasteiger partial charge in [-0.15, -0.1) is 0 Å². The number of esters is 1. The Hall–Kier alpha value is -0.830. The minimum atomic E-state index is -0.402. The summed E-state index contributed by atoms with van der Waals surface area (Å²) in [6.07, 6.45) is 13.7. The average molecular weight is 298 g/mol. The Labute approximate surface area is 130 Å². The molecule has 0 aromatic carbocycles. The molecule has 0 saturated heterocycles. The van der Waals surface area contributed by atoms with Crippen molar-refractivity contribution < 1.29 is 14.6 Å². The lowest BCUT2D eigenvalue weighted by Crippen LogP contribution is -2.17. The molecule has 0 bridgehead atoms. The van der Waals surface area contributed by atoms with Gasteiger partial charge in [-0.25, -0.2) is 4.79 Å². The van der Waals surface area contributed by atoms with E-state index in [2.05, 4.69) is 18.2 Å². The molecule has 1 unspecified atom stereocenters. The highest BCUT2D eigenvalue weighted by Gasteiger charge is 2.18. The summed E-state index contributed by atoms with van der Waals surface area (Å²) in [7, 11) is 1.35. The molecule has 1 atom stereocenters. The maximum absolute atomic E-state index is 11.4. The molecule has 21 heavy (non-hydrogen) atoms. The number of hydrogen-bond acceptors (Lipinski definition) is 3. The van der Waals surface area contributed by atoms with E-state index in [4.69, 9.17) is 0 Å². The summed E-state index contributed by atoms with van der Waals surface area (Å²) < 4.78 is 4.64. The molecule has 0 rings (SSSR count). The molecule has 0 saturated carbocycles. The molecule has 0 amide bonds. The van der Waals surface area contributed by atoms with Crippen LogP contribution in [0.25, 0.3) is 0 Å². The van der Waals surface area contributed by atoms with Crippen molar-refractivity contribution in [3.63, 3.8) is 0 Å². The Morgan fingerprint density at radius 3 is 1.90 bits per heavy atom. The van der Waals surface area contributed by atoms with Gasteiger partial charge in [0.05, 0.1) is 13.7 Å². The van der Waals surface area contributed by atoms with Crippen LogP contribution in [0.2, 0.25) is 0 Å². The van der Waals surface area contributed by atoms with E-state index < -0.39 is 5.97 Å². The predicted octanol–water partition coefficient (Wildman–Crippen LogP) is 4.64. The number of carbonyl (C=O) groups excluding carboxylic acids is 1. The topological polar surface area (TPSA) is 46.5 Å². The summed E-state index contributed by atoms with van der Waals surface area (Å²) in [6.45, 7) is 5.95. The standard InChI is InChI=1S/C18H34O3/c1-4-5-6-7-8-9-10-11-12-13-14-17(15-19)16(2)18(20)21-3/h17,19H,2,4-15H2,1,3H3. The van der Waals surface area contributed by atoms with Crippen LogP contribution in [0.4, 0.5) is 0 Å². The summed E-state index contributed by atoms with van der Waals surface area (Å²) in [6, 6.07) is 0. The van der Waals surface area contributed by atoms with Crippen molar-refractivity contribution >= 4 is 5.97 Å². The predicted molar refractivity (Wildman–Crippen MR) is 88.2 cm³/mol. The van der Waals surface area contributed by atoms with E-state index in [1.807, 2.05) is 0 Å². The van der Waals surface area contributed by atoms with Crippen LogP contribution in [0.15, 0.2) is 12.2 Å². The molecule has 0 aromatic rings. The van der Waals surface area contributed by atoms with Crippen LogP contribution in [-0.2, 0) is 9.53 Å². The highest BCUT2D eigenvalue weighted by atomic mass is 16.5. The van der Waals surface area contributed by atoms with Crippen LogP contribution in [0, 0.1) is 5.92 Å². The van der Waals surface area contributed by atoms with Crippen LogP contribution < -0.4 is 0 Å². The molecule has 1 N–H and O–H groups in total. The van der Waals surface area contributed by atoms with Crippen molar-refractivity contribution in [3.8, 4) is 0 Å². The Balaban J connectivity index is 3.52. The van der Waals surface area contributed by atoms with E-state index in [1.54, 1.807) is 0 Å². The first-order valence-corrected chi connectivity index (χ1v) is 8.55. The molecular formula is C18H34O3. The van der Waals surface area contributed by atoms with E-state index in [0.29, 0.717) is 5.57 Å². The number of aliphatic hydroxyl groups excluding tert-OH is 1. The first-order chi connectivity index (χ1) is 10.2. The van der Waals surface area contributed by atoms with Gasteiger partial charge in [0.25, 0.3) is 0 Å². The van der Waals surface area contributed by atoms with E-state index in [0.717, 1.165) is 12.8 Å². The van der Waals surface area contributed by atoms with Gasteiger partial charge in [-0.2, -0.15) is 0 Å². The molecule has 3 nitrogen and oxygen atoms in total. The van der Waals surface area contributed by atoms with Gasteiger partial charge < -0.3 is 9.84 Å². The van der Waals surface area contributed by atoms with Gasteiger partial charge in [-0.3, -0.25) is 0 Å². The fourth-order valence-corrected chi connectivity index (χ4v) is 2.55. The highest BCUT2D eigenvalue weighted by Crippen LogP contribution is 2.19. The van der Waals surface area contributed by atoms with E-state index >= 15 is 0 Å². The van der Waals surface area contributed by atoms with Crippen LogP contribution in [0.5, 0.6) is 0 Å². The monoisotopic (exact) mass is 298 g/mol. The first-order valence-electron chi connectivity index (χ1n) is 8.55. The van der Waals surface area contributed by atoms with Crippen molar-refractivity contribution in [2.75, 3.05) is 13.7 Å². The Kier molecular flexibility index (Phi) is 13.6. The van der Waals surface area contributed by atoms with Crippen molar-refractivity contribution in [2.45, 2.75) is 77.6 Å². The van der Waals surface area contributed by atoms with Crippen molar-refractivity contribution in [2.24, 2.45) is 5.92 Å². The second-order valence-electron chi connectivity index (χ2n) is 5.87. The highest BCUT2D eigenvalue weighted by molar-refractivity contribution is 5.88. The number of carbonyl (C=O) groups is 1. The maximum Gasteiger partial charge on any atom is 0.333 e. The van der Waals surface area contributed by atoms with Crippen LogP contribution in [-0.4, -0.2) is 24.8 Å². The molecule has 0 aliphatic carbocycles. The second kappa shape index (κ2) is 14.1. The normalized spacial score (nSPS) is 12.1. The number of ether oxygens (including phenoxy) is 1. The largest absolute Gasteiger partial charge is 0.466 e. The fraction of sp³-hybridized carbons (Fsp3) is 0.833. The molecule has 0 fully saturated rings. The molecule has 0 aliphatic rings. The van der Waals surface area contributed by atoms with Crippen molar-refractivity contribution in [1.29, 1.82) is 0 Å². The van der Waals surface area contributed by atoms with Gasteiger partial charge in [0.15, 0.2) is 0 Å². The number of unbranched alkanes of at least 4 members (excludes halogenated alkanes) is 9. The van der Waals surface area contributed by atoms with Gasteiger partial charge >= 0.3 is 5.97 Å². The minimum Gasteiger partial charge on any atom is -0.466 e. The fourth-order valence-electron chi connectivity index (χ4n) is 2.55. The quantitative estimate of drug-likeness (QED) is 0.289. The summed E-state index contributed by atoms with van der Waals surface area (Å²) in [5, 5.41) is 9.32. The molecule has 0 radical (unpaired) electrons. The average Bonchev–Trinajstić information content (AvgIpc) is 2.51. The summed E-state index contributed by atoms with van der Waals surface area (Å²) >= 11 is 0. The number of methoxy groups -OCH3 is 1. The summed E-state index contributed by atoms with van der Waals surface area (Å²) in [5.41, 5.74) is 0.399. The third kappa shape index (κ3) is 10.5. The van der Waals surface area contributed by atoms with Crippen LogP contribution in [0.3, 0.4) is 0 Å². The van der Waals surface area contributed by atoms with Gasteiger partial charge in [0, 0.05) is 11.5 Å². The molecule has 0 spiro atoms. The summed E-state index contributed by atoms with van der Waals surface area (Å²) in [4.78, 5) is 11.4. The third-order valence-corrected chi connectivity index (χ3v) is 4.07. The lowest BCUT2D eigenvalue weighted by molar-refractivity contribution is -0.136. The zero-order chi connectivity index (χ0) is 15.9. The first kappa shape index (κ1) is 20.2. The third-order valence-electron chi connectivity index (χ3n) is 4.07. The van der Waals surface area contributed by atoms with Gasteiger partial charge in [0.2, 0.25) is 0 Å². The Bertz CT molecular complexity index is 274. The van der Waals surface area contributed by atoms with Crippen LogP contribution >= 0.6 is 0 Å². The Morgan fingerprint density at radius 2 is 1.48 bits per heavy atom. The Morgan fingerprint density at radius 1 is 1.00 bits per heavy atom. The van der Waals surface area contributed by atoms with Gasteiger partial charge in [-0.05, 0) is 6.42 Å². The molecule has 0 heterocycles. The van der Waals surface area contributed by atoms with E-state index in [1.165, 1.54) is 64.9 Å². The molecule has 0 aromatic heterocycles. The van der Waals surface area contributed by atoms with Gasteiger partial charge in [0.1, 0.15) is 0 Å². The minimum absolute atomic E-state index is 0.0225. The number of rotatable bonds is 14. The maximum atomic E-state index is 11.4. The SMILES string of the molecule is C=C(C(=O)OC)C(CO)CCCCCCCCCCCC. The van der Waals surface area contributed by atoms with Crippen LogP contribution in [0.1, 0.15) is 77.6 Å². The smallest absolute Gasteiger partial charge is 0.333 e. The van der Waals surface area contributed by atoms with Crippen molar-refractivity contribution in [3.05, 3.63) is 12.2 Å². The zero-order valence-corrected chi connectivity index (χ0v) is 14.0. The van der Waals surface area contributed by atoms with E-state index in [9.17, 15) is 9.90 Å².